The van der Waals surface area contributed by atoms with E-state index in [2.05, 4.69) is 97.1 Å². The van der Waals surface area contributed by atoms with Gasteiger partial charge in [0.2, 0.25) is 0 Å². The van der Waals surface area contributed by atoms with Gasteiger partial charge in [-0.3, -0.25) is 0 Å². The molecule has 0 aliphatic carbocycles. The summed E-state index contributed by atoms with van der Waals surface area (Å²) in [7, 11) is 1.14. The molecule has 34 heavy (non-hydrogen) atoms. The molecule has 2 nitrogen and oxygen atoms in total. The van der Waals surface area contributed by atoms with Crippen molar-refractivity contribution in [2.45, 2.75) is 25.9 Å². The number of hydrogen-bond acceptors (Lipinski definition) is 2. The molecule has 4 rings (SSSR count). The zero-order chi connectivity index (χ0) is 22.7. The fourth-order valence-corrected chi connectivity index (χ4v) is 6.26. The van der Waals surface area contributed by atoms with Crippen LogP contribution in [0.1, 0.15) is 24.0 Å². The van der Waals surface area contributed by atoms with Gasteiger partial charge in [0.15, 0.2) is 0 Å². The van der Waals surface area contributed by atoms with Crippen LogP contribution < -0.4 is 20.7 Å². The minimum atomic E-state index is -0.550. The van der Waals surface area contributed by atoms with Crippen LogP contribution in [0, 0.1) is 0 Å². The highest BCUT2D eigenvalue weighted by Crippen LogP contribution is 2.32. The van der Waals surface area contributed by atoms with Gasteiger partial charge >= 0.3 is 0 Å². The maximum atomic E-state index is 5.87. The van der Waals surface area contributed by atoms with E-state index in [0.29, 0.717) is 6.61 Å². The van der Waals surface area contributed by atoms with E-state index in [4.69, 9.17) is 9.47 Å². The molecule has 0 spiro atoms. The minimum Gasteiger partial charge on any atom is -0.497 e. The predicted molar refractivity (Wildman–Crippen MR) is 156 cm³/mol. The van der Waals surface area contributed by atoms with Gasteiger partial charge in [0, 0.05) is 6.61 Å². The number of benzene rings is 4. The summed E-state index contributed by atoms with van der Waals surface area (Å²) in [5, 5.41) is 4.20. The molecule has 0 aliphatic rings. The number of hydrogen-bond donors (Lipinski definition) is 0. The number of methoxy groups -OCH3 is 1. The SMILES string of the molecule is COc1ccc(COCCCCc2cccc(P(c3ccccc3)c3ccccc3)c2)cc1.I. The molecule has 0 radical (unpaired) electrons. The summed E-state index contributed by atoms with van der Waals surface area (Å²) in [4.78, 5) is 0. The average Bonchev–Trinajstić information content (AvgIpc) is 2.88. The number of aryl methyl sites for hydroxylation is 1. The smallest absolute Gasteiger partial charge is 0.118 e. The van der Waals surface area contributed by atoms with Crippen LogP contribution in [0.5, 0.6) is 5.75 Å². The summed E-state index contributed by atoms with van der Waals surface area (Å²) < 4.78 is 11.1. The van der Waals surface area contributed by atoms with Crippen molar-refractivity contribution < 1.29 is 9.47 Å². The Labute approximate surface area is 222 Å². The fraction of sp³-hybridized carbons (Fsp3) is 0.200. The van der Waals surface area contributed by atoms with Gasteiger partial charge < -0.3 is 9.47 Å². The Morgan fingerprint density at radius 2 is 1.24 bits per heavy atom. The summed E-state index contributed by atoms with van der Waals surface area (Å²) in [6.45, 7) is 1.43. The molecule has 0 heterocycles. The van der Waals surface area contributed by atoms with E-state index >= 15 is 0 Å². The monoisotopic (exact) mass is 582 g/mol. The Hall–Kier alpha value is -2.20. The summed E-state index contributed by atoms with van der Waals surface area (Å²) in [5.41, 5.74) is 2.58. The van der Waals surface area contributed by atoms with Crippen LogP contribution >= 0.6 is 31.9 Å². The number of rotatable bonds is 11. The van der Waals surface area contributed by atoms with Crippen LogP contribution in [0.25, 0.3) is 0 Å². The third-order valence-electron chi connectivity index (χ3n) is 5.63. The molecule has 0 amide bonds. The second kappa shape index (κ2) is 14.3. The van der Waals surface area contributed by atoms with Gasteiger partial charge in [-0.25, -0.2) is 0 Å². The molecular weight excluding hydrogens is 550 g/mol. The highest BCUT2D eigenvalue weighted by atomic mass is 127. The third kappa shape index (κ3) is 7.66. The number of unbranched alkanes of at least 4 members (excludes halogenated alkanes) is 1. The third-order valence-corrected chi connectivity index (χ3v) is 8.05. The highest BCUT2D eigenvalue weighted by Gasteiger charge is 2.16. The first-order chi connectivity index (χ1) is 16.3. The molecule has 0 fully saturated rings. The molecule has 4 aromatic rings. The maximum absolute atomic E-state index is 5.87. The van der Waals surface area contributed by atoms with Crippen molar-refractivity contribution in [3.8, 4) is 5.75 Å². The van der Waals surface area contributed by atoms with Crippen LogP contribution in [-0.2, 0) is 17.8 Å². The van der Waals surface area contributed by atoms with E-state index < -0.39 is 7.92 Å². The molecular formula is C30H32IO2P. The van der Waals surface area contributed by atoms with Crippen molar-refractivity contribution in [2.75, 3.05) is 13.7 Å². The predicted octanol–water partition coefficient (Wildman–Crippen LogP) is 6.61. The van der Waals surface area contributed by atoms with Gasteiger partial charge in [-0.1, -0.05) is 97.1 Å². The lowest BCUT2D eigenvalue weighted by atomic mass is 10.1. The molecule has 0 saturated heterocycles. The summed E-state index contributed by atoms with van der Waals surface area (Å²) in [5.74, 6) is 0.879. The van der Waals surface area contributed by atoms with Gasteiger partial charge in [0.05, 0.1) is 13.7 Å². The molecule has 0 aliphatic heterocycles. The van der Waals surface area contributed by atoms with E-state index in [-0.39, 0.29) is 24.0 Å². The zero-order valence-corrected chi connectivity index (χ0v) is 22.8. The first-order valence-electron chi connectivity index (χ1n) is 11.5. The number of ether oxygens (including phenoxy) is 2. The quantitative estimate of drug-likeness (QED) is 0.113. The summed E-state index contributed by atoms with van der Waals surface area (Å²) in [6, 6.07) is 39.0. The van der Waals surface area contributed by atoms with E-state index in [1.165, 1.54) is 27.0 Å². The molecule has 0 atom stereocenters. The molecule has 0 unspecified atom stereocenters. The van der Waals surface area contributed by atoms with Gasteiger partial charge in [-0.05, 0) is 66.4 Å². The van der Waals surface area contributed by atoms with Crippen molar-refractivity contribution >= 4 is 47.8 Å². The van der Waals surface area contributed by atoms with E-state index in [1.54, 1.807) is 7.11 Å². The van der Waals surface area contributed by atoms with Gasteiger partial charge in [0.25, 0.3) is 0 Å². The van der Waals surface area contributed by atoms with Gasteiger partial charge in [-0.2, -0.15) is 0 Å². The van der Waals surface area contributed by atoms with Crippen LogP contribution in [0.3, 0.4) is 0 Å². The average molecular weight is 582 g/mol. The largest absolute Gasteiger partial charge is 0.497 e. The Balaban J connectivity index is 0.00000324. The zero-order valence-electron chi connectivity index (χ0n) is 19.6. The lowest BCUT2D eigenvalue weighted by molar-refractivity contribution is 0.117. The Bertz CT molecular complexity index is 1060. The molecule has 176 valence electrons. The first-order valence-corrected chi connectivity index (χ1v) is 12.9. The van der Waals surface area contributed by atoms with Crippen molar-refractivity contribution in [1.82, 2.24) is 0 Å². The lowest BCUT2D eigenvalue weighted by Gasteiger charge is -2.20. The van der Waals surface area contributed by atoms with Crippen LogP contribution in [0.4, 0.5) is 0 Å². The van der Waals surface area contributed by atoms with Gasteiger partial charge in [-0.15, -0.1) is 24.0 Å². The van der Waals surface area contributed by atoms with Crippen molar-refractivity contribution in [3.05, 3.63) is 120 Å². The molecule has 0 bridgehead atoms. The van der Waals surface area contributed by atoms with Crippen molar-refractivity contribution in [3.63, 3.8) is 0 Å². The lowest BCUT2D eigenvalue weighted by Crippen LogP contribution is -2.20. The molecule has 4 aromatic carbocycles. The van der Waals surface area contributed by atoms with Crippen LogP contribution in [0.15, 0.2) is 109 Å². The highest BCUT2D eigenvalue weighted by molar-refractivity contribution is 14.0. The minimum absolute atomic E-state index is 0. The molecule has 0 saturated carbocycles. The number of halogens is 1. The Morgan fingerprint density at radius 1 is 0.618 bits per heavy atom. The van der Waals surface area contributed by atoms with Crippen LogP contribution in [0.2, 0.25) is 0 Å². The van der Waals surface area contributed by atoms with Crippen molar-refractivity contribution in [2.24, 2.45) is 0 Å². The standard InChI is InChI=1S/C30H31O2P.HI/c1-31-27-20-18-26(19-21-27)24-32-22-9-8-11-25-12-10-17-30(23-25)33(28-13-4-2-5-14-28)29-15-6-3-7-16-29;/h2-7,10,12-21,23H,8-9,11,22,24H2,1H3;1H. The maximum Gasteiger partial charge on any atom is 0.118 e. The summed E-state index contributed by atoms with van der Waals surface area (Å²) in [6.07, 6.45) is 3.26. The topological polar surface area (TPSA) is 18.5 Å². The van der Waals surface area contributed by atoms with E-state index in [1.807, 2.05) is 12.1 Å². The molecule has 0 aromatic heterocycles. The second-order valence-corrected chi connectivity index (χ2v) is 10.3. The second-order valence-electron chi connectivity index (χ2n) is 8.03. The first kappa shape index (κ1) is 26.4. The van der Waals surface area contributed by atoms with E-state index in [9.17, 15) is 0 Å². The van der Waals surface area contributed by atoms with Crippen LogP contribution in [-0.4, -0.2) is 13.7 Å². The normalized spacial score (nSPS) is 10.6. The Kier molecular flexibility index (Phi) is 11.1. The van der Waals surface area contributed by atoms with E-state index in [0.717, 1.165) is 31.6 Å². The summed E-state index contributed by atoms with van der Waals surface area (Å²) >= 11 is 0. The molecule has 4 heteroatoms. The molecule has 0 N–H and O–H groups in total. The van der Waals surface area contributed by atoms with Crippen molar-refractivity contribution in [1.29, 1.82) is 0 Å². The Morgan fingerprint density at radius 3 is 1.85 bits per heavy atom. The van der Waals surface area contributed by atoms with Gasteiger partial charge in [0.1, 0.15) is 5.75 Å². The fourth-order valence-electron chi connectivity index (χ4n) is 3.90.